The second-order valence-corrected chi connectivity index (χ2v) is 35.1. The molecule has 0 radical (unpaired) electrons. The van der Waals surface area contributed by atoms with Crippen molar-refractivity contribution in [1.82, 2.24) is 0 Å². The first-order valence-corrected chi connectivity index (χ1v) is 25.1. The Hall–Kier alpha value is -3.37. The maximum absolute atomic E-state index is 16.5. The fourth-order valence-electron chi connectivity index (χ4n) is 6.20. The number of carbonyl (C=O) groups excluding carboxylic acids is 1. The van der Waals surface area contributed by atoms with Crippen molar-refractivity contribution < 1.29 is 4.79 Å². The molecular weight excluding hydrogens is 704 g/mol. The zero-order chi connectivity index (χ0) is 27.3. The molecule has 0 saturated carbocycles. The Kier molecular flexibility index (Phi) is 8.06. The van der Waals surface area contributed by atoms with E-state index >= 15 is 4.79 Å². The fourth-order valence-corrected chi connectivity index (χ4v) is 57.2. The third-order valence-electron chi connectivity index (χ3n) is 7.92. The molecule has 0 bridgehead atoms. The van der Waals surface area contributed by atoms with E-state index in [2.05, 4.69) is 182 Å². The molecule has 0 aromatic heterocycles. The summed E-state index contributed by atoms with van der Waals surface area (Å²) in [7, 11) is 0. The van der Waals surface area contributed by atoms with E-state index in [4.69, 9.17) is 0 Å². The summed E-state index contributed by atoms with van der Waals surface area (Å²) in [6.07, 6.45) is 0. The van der Waals surface area contributed by atoms with Crippen LogP contribution in [0.2, 0.25) is 0 Å². The van der Waals surface area contributed by atoms with Gasteiger partial charge in [0.15, 0.2) is 0 Å². The van der Waals surface area contributed by atoms with Crippen LogP contribution in [0.1, 0.15) is 0 Å². The van der Waals surface area contributed by atoms with Gasteiger partial charge < -0.3 is 0 Å². The summed E-state index contributed by atoms with van der Waals surface area (Å²) in [4.78, 5) is 16.5. The number of carbonyl (C=O) groups is 1. The Bertz CT molecular complexity index is 1350. The van der Waals surface area contributed by atoms with Gasteiger partial charge in [0.1, 0.15) is 0 Å². The molecule has 0 N–H and O–H groups in total. The second-order valence-electron chi connectivity index (χ2n) is 10.0. The van der Waals surface area contributed by atoms with Crippen LogP contribution in [0.5, 0.6) is 0 Å². The van der Waals surface area contributed by atoms with Gasteiger partial charge in [0.25, 0.3) is 0 Å². The fraction of sp³-hybridized carbons (Fsp3) is 0. The van der Waals surface area contributed by atoms with Crippen LogP contribution < -0.4 is 21.1 Å². The Labute approximate surface area is 245 Å². The molecule has 1 nitrogen and oxygen atoms in total. The Balaban J connectivity index is 1.82. The second kappa shape index (κ2) is 12.0. The van der Waals surface area contributed by atoms with Crippen molar-refractivity contribution in [3.8, 4) is 0 Å². The molecule has 0 atom stereocenters. The van der Waals surface area contributed by atoms with E-state index in [9.17, 15) is 0 Å². The van der Waals surface area contributed by atoms with Crippen LogP contribution in [0, 0.1) is 0 Å². The van der Waals surface area contributed by atoms with Gasteiger partial charge in [0.05, 0.1) is 0 Å². The van der Waals surface area contributed by atoms with E-state index in [-0.39, 0.29) is 0 Å². The minimum absolute atomic E-state index is 0.496. The first kappa shape index (κ1) is 26.8. The molecule has 0 spiro atoms. The molecule has 196 valence electrons. The Morgan fingerprint density at radius 1 is 0.275 bits per heavy atom. The zero-order valence-electron chi connectivity index (χ0n) is 22.2. The van der Waals surface area contributed by atoms with Gasteiger partial charge >= 0.3 is 247 Å². The molecule has 6 rings (SSSR count). The Morgan fingerprint density at radius 2 is 0.425 bits per heavy atom. The van der Waals surface area contributed by atoms with Crippen LogP contribution in [0.25, 0.3) is 0 Å². The first-order chi connectivity index (χ1) is 19.8. The van der Waals surface area contributed by atoms with Gasteiger partial charge in [0, 0.05) is 0 Å². The summed E-state index contributed by atoms with van der Waals surface area (Å²) >= 11 is -8.81. The predicted octanol–water partition coefficient (Wildman–Crippen LogP) is 4.08. The van der Waals surface area contributed by atoms with Crippen LogP contribution in [0.3, 0.4) is 0 Å². The van der Waals surface area contributed by atoms with Gasteiger partial charge in [-0.25, -0.2) is 0 Å². The number of benzene rings is 6. The average Bonchev–Trinajstić information content (AvgIpc) is 3.05. The SMILES string of the molecule is O=[C]([SbH]([c]1ccccc1)([c]1ccccc1)[c]1ccccc1)[SbH]([c]1ccccc1)([c]1ccccc1)[c]1ccccc1. The van der Waals surface area contributed by atoms with Gasteiger partial charge in [-0.2, -0.15) is 0 Å². The standard InChI is InChI=1S/6C6H5.CO.2Sb.2H/c6*1-2-4-6-5-3-1;1-2;;;;/h6*1-5H;;;;;. The monoisotopic (exact) mass is 734 g/mol. The minimum atomic E-state index is -4.41. The normalized spacial score (nSPS) is 12.4. The van der Waals surface area contributed by atoms with Crippen LogP contribution in [0.4, 0.5) is 4.79 Å². The van der Waals surface area contributed by atoms with Gasteiger partial charge in [0.2, 0.25) is 0 Å². The summed E-state index contributed by atoms with van der Waals surface area (Å²) in [6.45, 7) is 0. The molecule has 3 heteroatoms. The maximum atomic E-state index is 16.5. The summed E-state index contributed by atoms with van der Waals surface area (Å²) in [5.41, 5.74) is 0. The van der Waals surface area contributed by atoms with E-state index in [1.165, 1.54) is 21.1 Å². The predicted molar refractivity (Wildman–Crippen MR) is 176 cm³/mol. The average molecular weight is 736 g/mol. The summed E-state index contributed by atoms with van der Waals surface area (Å²) in [5, 5.41) is 0. The van der Waals surface area contributed by atoms with Crippen molar-refractivity contribution in [1.29, 1.82) is 0 Å². The molecule has 6 aromatic rings. The molecule has 0 heterocycles. The molecule has 0 saturated heterocycles. The number of hydrogen-bond donors (Lipinski definition) is 0. The van der Waals surface area contributed by atoms with Crippen LogP contribution in [-0.2, 0) is 0 Å². The van der Waals surface area contributed by atoms with Crippen LogP contribution in [0.15, 0.2) is 182 Å². The van der Waals surface area contributed by atoms with Crippen molar-refractivity contribution in [2.75, 3.05) is 0 Å². The van der Waals surface area contributed by atoms with E-state index in [0.717, 1.165) is 0 Å². The molecule has 0 unspecified atom stereocenters. The number of rotatable bonds is 8. The first-order valence-electron chi connectivity index (χ1n) is 13.7. The topological polar surface area (TPSA) is 17.1 Å². The molecular formula is C37H32OSb2. The van der Waals surface area contributed by atoms with Crippen molar-refractivity contribution >= 4 is 60.3 Å². The van der Waals surface area contributed by atoms with Crippen LogP contribution in [-0.4, -0.2) is 39.3 Å². The van der Waals surface area contributed by atoms with Crippen molar-refractivity contribution in [3.63, 3.8) is 0 Å². The molecule has 0 amide bonds. The van der Waals surface area contributed by atoms with Gasteiger partial charge in [-0.05, 0) is 0 Å². The Morgan fingerprint density at radius 3 is 0.575 bits per heavy atom. The van der Waals surface area contributed by atoms with Gasteiger partial charge in [-0.1, -0.05) is 0 Å². The number of hydrogen-bond acceptors (Lipinski definition) is 1. The van der Waals surface area contributed by atoms with E-state index in [0.29, 0.717) is 1.68 Å². The molecule has 6 aromatic carbocycles. The van der Waals surface area contributed by atoms with Crippen molar-refractivity contribution in [2.24, 2.45) is 0 Å². The summed E-state index contributed by atoms with van der Waals surface area (Å²) in [6, 6.07) is 64.1. The van der Waals surface area contributed by atoms with Crippen LogP contribution >= 0.6 is 0 Å². The summed E-state index contributed by atoms with van der Waals surface area (Å²) in [5.74, 6) is 0. The van der Waals surface area contributed by atoms with Gasteiger partial charge in [-0.15, -0.1) is 0 Å². The molecule has 0 aliphatic heterocycles. The quantitative estimate of drug-likeness (QED) is 0.216. The third kappa shape index (κ3) is 4.56. The summed E-state index contributed by atoms with van der Waals surface area (Å²) < 4.78 is 7.68. The molecule has 0 aliphatic rings. The van der Waals surface area contributed by atoms with E-state index in [1.54, 1.807) is 0 Å². The van der Waals surface area contributed by atoms with Crippen molar-refractivity contribution in [3.05, 3.63) is 182 Å². The molecule has 40 heavy (non-hydrogen) atoms. The molecule has 0 fully saturated rings. The van der Waals surface area contributed by atoms with Gasteiger partial charge in [-0.3, -0.25) is 0 Å². The third-order valence-corrected chi connectivity index (χ3v) is 46.7. The molecule has 0 aliphatic carbocycles. The van der Waals surface area contributed by atoms with E-state index in [1.807, 2.05) is 0 Å². The van der Waals surface area contributed by atoms with E-state index < -0.39 is 37.6 Å². The zero-order valence-corrected chi connectivity index (χ0v) is 27.9. The van der Waals surface area contributed by atoms with Crippen molar-refractivity contribution in [2.45, 2.75) is 0 Å².